The van der Waals surface area contributed by atoms with Crippen LogP contribution in [0, 0.1) is 5.92 Å². The van der Waals surface area contributed by atoms with Crippen LogP contribution < -0.4 is 5.32 Å². The van der Waals surface area contributed by atoms with Crippen molar-refractivity contribution >= 4 is 6.09 Å². The fraction of sp³-hybridized carbons (Fsp3) is 0.667. The first-order valence-electron chi connectivity index (χ1n) is 10.2. The Morgan fingerprint density at radius 3 is 2.70 bits per heavy atom. The predicted molar refractivity (Wildman–Crippen MR) is 105 cm³/mol. The number of carbonyl (C=O) groups excluding carboxylic acids is 1. The Morgan fingerprint density at radius 2 is 1.96 bits per heavy atom. The third-order valence-electron chi connectivity index (χ3n) is 5.92. The number of nitrogens with one attached hydrogen (secondary N) is 1. The molecule has 150 valence electrons. The topological polar surface area (TPSA) is 65.0 Å². The number of likely N-dealkylation sites (tertiary alicyclic amines) is 2. The average Bonchev–Trinajstić information content (AvgIpc) is 3.17. The minimum atomic E-state index is -0.494. The third-order valence-corrected chi connectivity index (χ3v) is 5.92. The number of carbonyl (C=O) groups is 1. The molecule has 0 aromatic heterocycles. The third kappa shape index (κ3) is 5.92. The van der Waals surface area contributed by atoms with Gasteiger partial charge in [0.25, 0.3) is 0 Å². The molecular formula is C21H33N3O3. The molecule has 1 amide bonds. The van der Waals surface area contributed by atoms with E-state index >= 15 is 0 Å². The van der Waals surface area contributed by atoms with Crippen molar-refractivity contribution in [2.24, 2.45) is 5.92 Å². The summed E-state index contributed by atoms with van der Waals surface area (Å²) in [5, 5.41) is 13.4. The molecule has 3 rings (SSSR count). The number of benzene rings is 1. The molecule has 0 spiro atoms. The molecule has 2 aliphatic rings. The summed E-state index contributed by atoms with van der Waals surface area (Å²) < 4.78 is 5.21. The lowest BCUT2D eigenvalue weighted by molar-refractivity contribution is -0.0310. The van der Waals surface area contributed by atoms with Gasteiger partial charge < -0.3 is 20.1 Å². The summed E-state index contributed by atoms with van der Waals surface area (Å²) in [5.41, 5.74) is 0.964. The molecule has 0 aliphatic carbocycles. The molecule has 0 radical (unpaired) electrons. The van der Waals surface area contributed by atoms with Crippen molar-refractivity contribution in [2.45, 2.75) is 51.0 Å². The van der Waals surface area contributed by atoms with E-state index in [1.54, 1.807) is 0 Å². The summed E-state index contributed by atoms with van der Waals surface area (Å²) in [6, 6.07) is 10.1. The lowest BCUT2D eigenvalue weighted by Crippen LogP contribution is -2.46. The first-order valence-corrected chi connectivity index (χ1v) is 10.2. The number of alkyl carbamates (subject to hydrolysis) is 1. The van der Waals surface area contributed by atoms with Gasteiger partial charge in [0.1, 0.15) is 12.8 Å². The largest absolute Gasteiger partial charge is 0.445 e. The number of rotatable bonds is 7. The van der Waals surface area contributed by atoms with E-state index in [1.807, 2.05) is 30.3 Å². The predicted octanol–water partition coefficient (Wildman–Crippen LogP) is 2.43. The van der Waals surface area contributed by atoms with Gasteiger partial charge in [0.2, 0.25) is 0 Å². The minimum absolute atomic E-state index is 0.263. The Balaban J connectivity index is 1.36. The summed E-state index contributed by atoms with van der Waals surface area (Å²) in [6.07, 6.45) is 4.37. The fourth-order valence-electron chi connectivity index (χ4n) is 4.35. The van der Waals surface area contributed by atoms with Crippen molar-refractivity contribution < 1.29 is 14.6 Å². The molecule has 6 nitrogen and oxygen atoms in total. The van der Waals surface area contributed by atoms with Crippen LogP contribution in [0.2, 0.25) is 0 Å². The Bertz CT molecular complexity index is 575. The molecule has 2 aliphatic heterocycles. The van der Waals surface area contributed by atoms with E-state index in [2.05, 4.69) is 22.2 Å². The number of hydrogen-bond donors (Lipinski definition) is 2. The minimum Gasteiger partial charge on any atom is -0.445 e. The smallest absolute Gasteiger partial charge is 0.407 e. The highest BCUT2D eigenvalue weighted by atomic mass is 16.5. The number of piperidine rings is 1. The first kappa shape index (κ1) is 20.1. The quantitative estimate of drug-likeness (QED) is 0.766. The lowest BCUT2D eigenvalue weighted by Gasteiger charge is -2.38. The van der Waals surface area contributed by atoms with Gasteiger partial charge in [0.05, 0.1) is 0 Å². The normalized spacial score (nSPS) is 23.3. The fourth-order valence-corrected chi connectivity index (χ4v) is 4.35. The van der Waals surface area contributed by atoms with Crippen LogP contribution in [0.3, 0.4) is 0 Å². The van der Waals surface area contributed by atoms with Gasteiger partial charge in [-0.15, -0.1) is 0 Å². The second kappa shape index (κ2) is 10.1. The van der Waals surface area contributed by atoms with E-state index in [1.165, 1.54) is 19.3 Å². The molecule has 0 bridgehead atoms. The zero-order valence-electron chi connectivity index (χ0n) is 16.3. The Labute approximate surface area is 162 Å². The summed E-state index contributed by atoms with van der Waals surface area (Å²) in [4.78, 5) is 16.5. The Hall–Kier alpha value is -1.63. The van der Waals surface area contributed by atoms with Gasteiger partial charge in [-0.1, -0.05) is 30.3 Å². The van der Waals surface area contributed by atoms with E-state index in [4.69, 9.17) is 4.74 Å². The second-order valence-corrected chi connectivity index (χ2v) is 7.85. The van der Waals surface area contributed by atoms with Crippen LogP contribution in [0.25, 0.3) is 0 Å². The Kier molecular flexibility index (Phi) is 7.50. The van der Waals surface area contributed by atoms with Crippen LogP contribution in [-0.4, -0.2) is 66.5 Å². The van der Waals surface area contributed by atoms with Gasteiger partial charge in [-0.05, 0) is 57.3 Å². The molecule has 2 N–H and O–H groups in total. The molecule has 6 heteroatoms. The molecule has 2 heterocycles. The average molecular weight is 376 g/mol. The molecule has 1 unspecified atom stereocenters. The molecule has 2 fully saturated rings. The zero-order chi connectivity index (χ0) is 19.1. The van der Waals surface area contributed by atoms with Crippen LogP contribution >= 0.6 is 0 Å². The molecule has 2 saturated heterocycles. The standard InChI is InChI=1S/C21H33N3O3/c1-23-14-10-18(11-15-23)19-8-5-13-24(19)20(25)9-12-22-21(26)27-16-17-6-3-2-4-7-17/h2-4,6-7,18-20,25H,5,8-16H2,1H3,(H,22,26)/t19-,20?/m0/s1. The van der Waals surface area contributed by atoms with E-state index in [0.29, 0.717) is 24.9 Å². The van der Waals surface area contributed by atoms with Gasteiger partial charge in [0, 0.05) is 25.6 Å². The van der Waals surface area contributed by atoms with Crippen LogP contribution in [0.1, 0.15) is 37.7 Å². The van der Waals surface area contributed by atoms with Crippen molar-refractivity contribution in [1.29, 1.82) is 0 Å². The van der Waals surface area contributed by atoms with Crippen molar-refractivity contribution in [3.8, 4) is 0 Å². The Morgan fingerprint density at radius 1 is 1.22 bits per heavy atom. The van der Waals surface area contributed by atoms with Gasteiger partial charge in [-0.25, -0.2) is 4.79 Å². The molecule has 1 aromatic rings. The van der Waals surface area contributed by atoms with Gasteiger partial charge in [-0.2, -0.15) is 0 Å². The number of amides is 1. The number of ether oxygens (including phenoxy) is 1. The van der Waals surface area contributed by atoms with Crippen molar-refractivity contribution in [1.82, 2.24) is 15.1 Å². The van der Waals surface area contributed by atoms with E-state index in [-0.39, 0.29) is 6.61 Å². The second-order valence-electron chi connectivity index (χ2n) is 7.85. The monoisotopic (exact) mass is 375 g/mol. The summed E-state index contributed by atoms with van der Waals surface area (Å²) in [6.45, 7) is 3.95. The van der Waals surface area contributed by atoms with Gasteiger partial charge in [-0.3, -0.25) is 4.90 Å². The molecule has 27 heavy (non-hydrogen) atoms. The number of aliphatic hydroxyl groups is 1. The number of hydrogen-bond acceptors (Lipinski definition) is 5. The highest BCUT2D eigenvalue weighted by molar-refractivity contribution is 5.67. The first-order chi connectivity index (χ1) is 13.1. The lowest BCUT2D eigenvalue weighted by atomic mass is 9.88. The highest BCUT2D eigenvalue weighted by Crippen LogP contribution is 2.32. The molecular weight excluding hydrogens is 342 g/mol. The van der Waals surface area contributed by atoms with Crippen LogP contribution in [-0.2, 0) is 11.3 Å². The van der Waals surface area contributed by atoms with Crippen LogP contribution in [0.4, 0.5) is 4.79 Å². The van der Waals surface area contributed by atoms with E-state index in [9.17, 15) is 9.90 Å². The van der Waals surface area contributed by atoms with E-state index in [0.717, 1.165) is 31.6 Å². The van der Waals surface area contributed by atoms with Gasteiger partial charge in [0.15, 0.2) is 0 Å². The van der Waals surface area contributed by atoms with Gasteiger partial charge >= 0.3 is 6.09 Å². The summed E-state index contributed by atoms with van der Waals surface area (Å²) >= 11 is 0. The van der Waals surface area contributed by atoms with Crippen LogP contribution in [0.15, 0.2) is 30.3 Å². The molecule has 0 saturated carbocycles. The maximum Gasteiger partial charge on any atom is 0.407 e. The maximum atomic E-state index is 11.8. The highest BCUT2D eigenvalue weighted by Gasteiger charge is 2.36. The SMILES string of the molecule is CN1CCC([C@@H]2CCCN2C(O)CCNC(=O)OCc2ccccc2)CC1. The van der Waals surface area contributed by atoms with Crippen molar-refractivity contribution in [2.75, 3.05) is 33.2 Å². The maximum absolute atomic E-state index is 11.8. The van der Waals surface area contributed by atoms with Crippen molar-refractivity contribution in [3.63, 3.8) is 0 Å². The summed E-state index contributed by atoms with van der Waals surface area (Å²) in [5.74, 6) is 0.683. The zero-order valence-corrected chi connectivity index (χ0v) is 16.3. The van der Waals surface area contributed by atoms with E-state index < -0.39 is 12.3 Å². The van der Waals surface area contributed by atoms with Crippen molar-refractivity contribution in [3.05, 3.63) is 35.9 Å². The number of aliphatic hydroxyl groups excluding tert-OH is 1. The summed E-state index contributed by atoms with van der Waals surface area (Å²) in [7, 11) is 2.18. The van der Waals surface area contributed by atoms with Crippen LogP contribution in [0.5, 0.6) is 0 Å². The number of nitrogens with zero attached hydrogens (tertiary/aromatic N) is 2. The molecule has 2 atom stereocenters. The molecule has 1 aromatic carbocycles.